The number of aldehydes is 1. The van der Waals surface area contributed by atoms with Crippen molar-refractivity contribution < 1.29 is 4.79 Å². The second-order valence-corrected chi connectivity index (χ2v) is 2.30. The lowest BCUT2D eigenvalue weighted by molar-refractivity contribution is -0.107. The van der Waals surface area contributed by atoms with Gasteiger partial charge in [0.25, 0.3) is 0 Å². The Morgan fingerprint density at radius 2 is 2.60 bits per heavy atom. The van der Waals surface area contributed by atoms with Gasteiger partial charge in [0.2, 0.25) is 0 Å². The van der Waals surface area contributed by atoms with Crippen molar-refractivity contribution in [1.29, 1.82) is 0 Å². The number of hydrogen-bond acceptors (Lipinski definition) is 2. The molecule has 1 aliphatic rings. The zero-order chi connectivity index (χ0) is 7.23. The van der Waals surface area contributed by atoms with E-state index in [1.165, 1.54) is 0 Å². The quantitative estimate of drug-likeness (QED) is 0.428. The van der Waals surface area contributed by atoms with Crippen molar-refractivity contribution in [3.8, 4) is 0 Å². The van der Waals surface area contributed by atoms with Crippen LogP contribution in [0.5, 0.6) is 0 Å². The summed E-state index contributed by atoms with van der Waals surface area (Å²) in [5.74, 6) is 0. The highest BCUT2D eigenvalue weighted by Gasteiger charge is 1.97. The van der Waals surface area contributed by atoms with Gasteiger partial charge in [0.05, 0.1) is 0 Å². The van der Waals surface area contributed by atoms with E-state index in [1.54, 1.807) is 0 Å². The Bertz CT molecular complexity index is 170. The molecule has 0 atom stereocenters. The van der Waals surface area contributed by atoms with Crippen LogP contribution in [-0.4, -0.2) is 12.5 Å². The molecular weight excluding hydrogens is 126 g/mol. The highest BCUT2D eigenvalue weighted by atomic mass is 16.1. The van der Waals surface area contributed by atoms with Gasteiger partial charge in [0.1, 0.15) is 6.29 Å². The first kappa shape index (κ1) is 7.19. The highest BCUT2D eigenvalue weighted by molar-refractivity contribution is 5.64. The van der Waals surface area contributed by atoms with E-state index in [1.807, 2.05) is 6.21 Å². The molecular formula is C8H11NO. The molecule has 1 heterocycles. The number of allylic oxidation sites excluding steroid dienone is 2. The molecule has 2 nitrogen and oxygen atoms in total. The minimum absolute atomic E-state index is 0.660. The van der Waals surface area contributed by atoms with E-state index < -0.39 is 0 Å². The molecule has 0 aromatic rings. The third-order valence-corrected chi connectivity index (χ3v) is 1.47. The van der Waals surface area contributed by atoms with Crippen molar-refractivity contribution in [2.75, 3.05) is 0 Å². The third kappa shape index (κ3) is 2.13. The summed E-state index contributed by atoms with van der Waals surface area (Å²) in [6, 6.07) is 0. The number of rotatable bonds is 4. The number of carbonyl (C=O) groups excluding carboxylic acids is 1. The number of hydrogen-bond donors (Lipinski definition) is 0. The van der Waals surface area contributed by atoms with Gasteiger partial charge in [-0.3, -0.25) is 4.99 Å². The van der Waals surface area contributed by atoms with Crippen LogP contribution in [0.15, 0.2) is 16.8 Å². The summed E-state index contributed by atoms with van der Waals surface area (Å²) < 4.78 is 0. The van der Waals surface area contributed by atoms with Crippen LogP contribution in [0.4, 0.5) is 0 Å². The standard InChI is InChI=1S/C8H11NO/c10-7-2-1-4-8-5-3-6-9-8/h5-7H,1-4H2. The zero-order valence-corrected chi connectivity index (χ0v) is 5.92. The first-order valence-electron chi connectivity index (χ1n) is 3.58. The predicted octanol–water partition coefficient (Wildman–Crippen LogP) is 1.71. The minimum atomic E-state index is 0.660. The van der Waals surface area contributed by atoms with Gasteiger partial charge in [-0.25, -0.2) is 0 Å². The Morgan fingerprint density at radius 3 is 3.20 bits per heavy atom. The monoisotopic (exact) mass is 137 g/mol. The summed E-state index contributed by atoms with van der Waals surface area (Å²) in [6.45, 7) is 0. The van der Waals surface area contributed by atoms with Crippen LogP contribution in [0.1, 0.15) is 25.7 Å². The first-order valence-corrected chi connectivity index (χ1v) is 3.58. The van der Waals surface area contributed by atoms with Gasteiger partial charge in [-0.05, 0) is 12.8 Å². The summed E-state index contributed by atoms with van der Waals surface area (Å²) in [4.78, 5) is 14.0. The van der Waals surface area contributed by atoms with Crippen LogP contribution in [0.2, 0.25) is 0 Å². The van der Waals surface area contributed by atoms with Crippen molar-refractivity contribution in [1.82, 2.24) is 0 Å². The molecule has 0 radical (unpaired) electrons. The molecule has 0 bridgehead atoms. The van der Waals surface area contributed by atoms with Crippen LogP contribution in [0.25, 0.3) is 0 Å². The Labute approximate surface area is 60.7 Å². The van der Waals surface area contributed by atoms with E-state index in [0.29, 0.717) is 6.42 Å². The average molecular weight is 137 g/mol. The zero-order valence-electron chi connectivity index (χ0n) is 5.92. The Morgan fingerprint density at radius 1 is 1.70 bits per heavy atom. The largest absolute Gasteiger partial charge is 0.303 e. The molecule has 10 heavy (non-hydrogen) atoms. The van der Waals surface area contributed by atoms with E-state index in [2.05, 4.69) is 11.1 Å². The summed E-state index contributed by atoms with van der Waals surface area (Å²) in [5, 5.41) is 0. The van der Waals surface area contributed by atoms with Crippen LogP contribution >= 0.6 is 0 Å². The van der Waals surface area contributed by atoms with Gasteiger partial charge in [0.15, 0.2) is 0 Å². The fourth-order valence-corrected chi connectivity index (χ4v) is 0.945. The second kappa shape index (κ2) is 3.99. The number of unbranched alkanes of at least 4 members (excludes halogenated alkanes) is 1. The van der Waals surface area contributed by atoms with Crippen molar-refractivity contribution in [2.24, 2.45) is 4.99 Å². The lowest BCUT2D eigenvalue weighted by atomic mass is 10.2. The molecule has 0 saturated heterocycles. The SMILES string of the molecule is O=CCCCC1=CCC=N1. The molecule has 0 fully saturated rings. The van der Waals surface area contributed by atoms with E-state index in [0.717, 1.165) is 31.2 Å². The molecule has 0 unspecified atom stereocenters. The first-order chi connectivity index (χ1) is 4.93. The Kier molecular flexibility index (Phi) is 2.87. The van der Waals surface area contributed by atoms with Crippen LogP contribution in [-0.2, 0) is 4.79 Å². The smallest absolute Gasteiger partial charge is 0.120 e. The predicted molar refractivity (Wildman–Crippen MR) is 41.1 cm³/mol. The van der Waals surface area contributed by atoms with Gasteiger partial charge in [-0.15, -0.1) is 0 Å². The van der Waals surface area contributed by atoms with E-state index >= 15 is 0 Å². The molecule has 2 heteroatoms. The summed E-state index contributed by atoms with van der Waals surface area (Å²) in [6.07, 6.45) is 8.48. The third-order valence-electron chi connectivity index (χ3n) is 1.47. The van der Waals surface area contributed by atoms with Gasteiger partial charge in [-0.2, -0.15) is 0 Å². The maximum absolute atomic E-state index is 9.92. The molecule has 0 aromatic carbocycles. The van der Waals surface area contributed by atoms with E-state index in [9.17, 15) is 4.79 Å². The number of aliphatic imine (C=N–C) groups is 1. The molecule has 0 spiro atoms. The van der Waals surface area contributed by atoms with Crippen molar-refractivity contribution in [3.63, 3.8) is 0 Å². The molecule has 54 valence electrons. The van der Waals surface area contributed by atoms with Gasteiger partial charge >= 0.3 is 0 Å². The molecule has 0 amide bonds. The molecule has 0 aliphatic carbocycles. The van der Waals surface area contributed by atoms with Gasteiger partial charge in [-0.1, -0.05) is 6.08 Å². The Hall–Kier alpha value is -0.920. The fourth-order valence-electron chi connectivity index (χ4n) is 0.945. The summed E-state index contributed by atoms with van der Waals surface area (Å²) in [5.41, 5.74) is 1.14. The maximum atomic E-state index is 9.92. The van der Waals surface area contributed by atoms with Crippen molar-refractivity contribution >= 4 is 12.5 Å². The van der Waals surface area contributed by atoms with Crippen LogP contribution < -0.4 is 0 Å². The average Bonchev–Trinajstić information content (AvgIpc) is 2.41. The second-order valence-electron chi connectivity index (χ2n) is 2.30. The summed E-state index contributed by atoms with van der Waals surface area (Å²) in [7, 11) is 0. The minimum Gasteiger partial charge on any atom is -0.303 e. The van der Waals surface area contributed by atoms with Crippen molar-refractivity contribution in [2.45, 2.75) is 25.7 Å². The van der Waals surface area contributed by atoms with Crippen LogP contribution in [0, 0.1) is 0 Å². The number of carbonyl (C=O) groups is 1. The normalized spacial score (nSPS) is 15.4. The molecule has 0 saturated carbocycles. The molecule has 0 aromatic heterocycles. The lowest BCUT2D eigenvalue weighted by Crippen LogP contribution is -1.78. The van der Waals surface area contributed by atoms with Gasteiger partial charge in [0, 0.05) is 24.8 Å². The Balaban J connectivity index is 2.13. The van der Waals surface area contributed by atoms with Crippen LogP contribution in [0.3, 0.4) is 0 Å². The van der Waals surface area contributed by atoms with E-state index in [-0.39, 0.29) is 0 Å². The fraction of sp³-hybridized carbons (Fsp3) is 0.500. The lowest BCUT2D eigenvalue weighted by Gasteiger charge is -1.92. The highest BCUT2D eigenvalue weighted by Crippen LogP contribution is 2.12. The van der Waals surface area contributed by atoms with Gasteiger partial charge < -0.3 is 4.79 Å². The topological polar surface area (TPSA) is 29.4 Å². The maximum Gasteiger partial charge on any atom is 0.120 e. The van der Waals surface area contributed by atoms with E-state index in [4.69, 9.17) is 0 Å². The van der Waals surface area contributed by atoms with Crippen molar-refractivity contribution in [3.05, 3.63) is 11.8 Å². The number of nitrogens with zero attached hydrogens (tertiary/aromatic N) is 1. The summed E-state index contributed by atoms with van der Waals surface area (Å²) >= 11 is 0. The molecule has 0 N–H and O–H groups in total. The molecule has 1 aliphatic heterocycles. The molecule has 1 rings (SSSR count).